The van der Waals surface area contributed by atoms with Gasteiger partial charge in [0.05, 0.1) is 6.04 Å². The molecule has 1 unspecified atom stereocenters. The molecule has 150 valence electrons. The molecule has 28 heavy (non-hydrogen) atoms. The van der Waals surface area contributed by atoms with Crippen LogP contribution in [0.15, 0.2) is 53.5 Å². The van der Waals surface area contributed by atoms with Gasteiger partial charge in [-0.25, -0.2) is 4.39 Å². The van der Waals surface area contributed by atoms with E-state index >= 15 is 0 Å². The highest BCUT2D eigenvalue weighted by Crippen LogP contribution is 2.34. The number of halogens is 1. The summed E-state index contributed by atoms with van der Waals surface area (Å²) in [6.07, 6.45) is 1.94. The summed E-state index contributed by atoms with van der Waals surface area (Å²) >= 11 is 0. The largest absolute Gasteiger partial charge is 0.381 e. The van der Waals surface area contributed by atoms with E-state index in [2.05, 4.69) is 39.9 Å². The van der Waals surface area contributed by atoms with Crippen LogP contribution in [-0.2, 0) is 10.2 Å². The van der Waals surface area contributed by atoms with Crippen molar-refractivity contribution in [2.45, 2.75) is 38.1 Å². The third-order valence-electron chi connectivity index (χ3n) is 5.70. The number of aryl methyl sites for hydroxylation is 1. The fourth-order valence-electron chi connectivity index (χ4n) is 3.74. The lowest BCUT2D eigenvalue weighted by molar-refractivity contribution is 0.0513. The zero-order valence-electron chi connectivity index (χ0n) is 17.0. The molecule has 1 aliphatic rings. The average molecular weight is 384 g/mol. The maximum atomic E-state index is 13.9. The van der Waals surface area contributed by atoms with Crippen LogP contribution in [0.1, 0.15) is 42.5 Å². The summed E-state index contributed by atoms with van der Waals surface area (Å²) in [6.45, 7) is 6.09. The molecular formula is C23H30FN3O. The van der Waals surface area contributed by atoms with E-state index in [9.17, 15) is 4.39 Å². The Morgan fingerprint density at radius 2 is 1.89 bits per heavy atom. The topological polar surface area (TPSA) is 45.7 Å². The molecule has 2 N–H and O–H groups in total. The van der Waals surface area contributed by atoms with E-state index in [1.807, 2.05) is 25.1 Å². The van der Waals surface area contributed by atoms with Crippen molar-refractivity contribution in [2.24, 2.45) is 4.99 Å². The Labute approximate surface area is 167 Å². The van der Waals surface area contributed by atoms with E-state index in [-0.39, 0.29) is 17.3 Å². The van der Waals surface area contributed by atoms with Gasteiger partial charge in [-0.1, -0.05) is 42.5 Å². The molecule has 5 heteroatoms. The molecule has 2 aromatic rings. The number of rotatable bonds is 5. The quantitative estimate of drug-likeness (QED) is 0.603. The summed E-state index contributed by atoms with van der Waals surface area (Å²) in [5, 5.41) is 6.87. The van der Waals surface area contributed by atoms with Gasteiger partial charge < -0.3 is 15.4 Å². The van der Waals surface area contributed by atoms with Crippen molar-refractivity contribution < 1.29 is 9.13 Å². The van der Waals surface area contributed by atoms with Crippen molar-refractivity contribution in [3.05, 3.63) is 71.0 Å². The van der Waals surface area contributed by atoms with Gasteiger partial charge >= 0.3 is 0 Å². The van der Waals surface area contributed by atoms with Crippen LogP contribution in [0.2, 0.25) is 0 Å². The van der Waals surface area contributed by atoms with Crippen molar-refractivity contribution in [1.29, 1.82) is 0 Å². The maximum Gasteiger partial charge on any atom is 0.191 e. The second kappa shape index (κ2) is 9.20. The van der Waals surface area contributed by atoms with Crippen LogP contribution in [0.5, 0.6) is 0 Å². The molecule has 1 atom stereocenters. The molecular weight excluding hydrogens is 353 g/mol. The minimum absolute atomic E-state index is 0.0241. The average Bonchev–Trinajstić information content (AvgIpc) is 2.74. The summed E-state index contributed by atoms with van der Waals surface area (Å²) < 4.78 is 19.5. The molecule has 0 aliphatic carbocycles. The van der Waals surface area contributed by atoms with Crippen LogP contribution in [-0.4, -0.2) is 32.8 Å². The van der Waals surface area contributed by atoms with Crippen LogP contribution in [0, 0.1) is 12.7 Å². The van der Waals surface area contributed by atoms with Crippen molar-refractivity contribution in [3.8, 4) is 0 Å². The van der Waals surface area contributed by atoms with Gasteiger partial charge in [0.2, 0.25) is 0 Å². The number of ether oxygens (including phenoxy) is 1. The van der Waals surface area contributed by atoms with Gasteiger partial charge in [0.15, 0.2) is 5.96 Å². The zero-order chi connectivity index (χ0) is 20.0. The fraction of sp³-hybridized carbons (Fsp3) is 0.435. The Bertz CT molecular complexity index is 801. The molecule has 1 aliphatic heterocycles. The molecule has 0 saturated carbocycles. The van der Waals surface area contributed by atoms with E-state index in [4.69, 9.17) is 4.74 Å². The Hall–Kier alpha value is -2.40. The third-order valence-corrected chi connectivity index (χ3v) is 5.70. The molecule has 0 amide bonds. The first-order valence-electron chi connectivity index (χ1n) is 9.90. The summed E-state index contributed by atoms with van der Waals surface area (Å²) in [4.78, 5) is 4.37. The van der Waals surface area contributed by atoms with E-state index in [1.54, 1.807) is 20.0 Å². The molecule has 0 radical (unpaired) electrons. The van der Waals surface area contributed by atoms with Crippen molar-refractivity contribution in [2.75, 3.05) is 26.8 Å². The Morgan fingerprint density at radius 3 is 2.54 bits per heavy atom. The number of hydrogen-bond donors (Lipinski definition) is 2. The van der Waals surface area contributed by atoms with Crippen molar-refractivity contribution in [1.82, 2.24) is 10.6 Å². The first kappa shape index (κ1) is 20.3. The second-order valence-corrected chi connectivity index (χ2v) is 7.56. The highest BCUT2D eigenvalue weighted by Gasteiger charge is 2.34. The van der Waals surface area contributed by atoms with Crippen LogP contribution < -0.4 is 10.6 Å². The standard InChI is InChI=1S/C23H30FN3O/c1-17-9-10-19(15-21(17)24)18(2)27-22(25-3)26-16-23(11-13-28-14-12-23)20-7-5-4-6-8-20/h4-10,15,18H,11-14,16H2,1-3H3,(H2,25,26,27). The third kappa shape index (κ3) is 4.71. The highest BCUT2D eigenvalue weighted by atomic mass is 19.1. The summed E-state index contributed by atoms with van der Waals surface area (Å²) in [6, 6.07) is 15.9. The SMILES string of the molecule is CN=C(NCC1(c2ccccc2)CCOCC1)NC(C)c1ccc(C)c(F)c1. The van der Waals surface area contributed by atoms with E-state index in [0.717, 1.165) is 44.1 Å². The lowest BCUT2D eigenvalue weighted by Gasteiger charge is -2.38. The van der Waals surface area contributed by atoms with Crippen molar-refractivity contribution >= 4 is 5.96 Å². The Kier molecular flexibility index (Phi) is 6.68. The van der Waals surface area contributed by atoms with Gasteiger partial charge in [0.25, 0.3) is 0 Å². The molecule has 1 saturated heterocycles. The molecule has 4 nitrogen and oxygen atoms in total. The normalized spacial score (nSPS) is 17.8. The van der Waals surface area contributed by atoms with Crippen LogP contribution in [0.3, 0.4) is 0 Å². The van der Waals surface area contributed by atoms with Gasteiger partial charge in [-0.15, -0.1) is 0 Å². The monoisotopic (exact) mass is 383 g/mol. The molecule has 3 rings (SSSR count). The van der Waals surface area contributed by atoms with E-state index in [0.29, 0.717) is 5.56 Å². The molecule has 0 spiro atoms. The van der Waals surface area contributed by atoms with Gasteiger partial charge in [-0.3, -0.25) is 4.99 Å². The molecule has 1 heterocycles. The predicted molar refractivity (Wildman–Crippen MR) is 112 cm³/mol. The van der Waals surface area contributed by atoms with Crippen molar-refractivity contribution in [3.63, 3.8) is 0 Å². The number of guanidine groups is 1. The van der Waals surface area contributed by atoms with Crippen LogP contribution in [0.25, 0.3) is 0 Å². The summed E-state index contributed by atoms with van der Waals surface area (Å²) in [7, 11) is 1.76. The number of benzene rings is 2. The fourth-order valence-corrected chi connectivity index (χ4v) is 3.74. The molecule has 0 aromatic heterocycles. The lowest BCUT2D eigenvalue weighted by atomic mass is 9.74. The lowest BCUT2D eigenvalue weighted by Crippen LogP contribution is -2.48. The summed E-state index contributed by atoms with van der Waals surface area (Å²) in [5.41, 5.74) is 2.91. The van der Waals surface area contributed by atoms with E-state index in [1.165, 1.54) is 5.56 Å². The van der Waals surface area contributed by atoms with Gasteiger partial charge in [0, 0.05) is 32.2 Å². The minimum atomic E-state index is -0.181. The number of nitrogens with one attached hydrogen (secondary N) is 2. The Morgan fingerprint density at radius 1 is 1.18 bits per heavy atom. The van der Waals surface area contributed by atoms with Gasteiger partial charge in [0.1, 0.15) is 5.82 Å². The first-order valence-corrected chi connectivity index (χ1v) is 9.90. The Balaban J connectivity index is 1.68. The molecule has 0 bridgehead atoms. The van der Waals surface area contributed by atoms with E-state index < -0.39 is 0 Å². The zero-order valence-corrected chi connectivity index (χ0v) is 17.0. The molecule has 2 aromatic carbocycles. The smallest absolute Gasteiger partial charge is 0.191 e. The summed E-state index contributed by atoms with van der Waals surface area (Å²) in [5.74, 6) is 0.537. The van der Waals surface area contributed by atoms with Crippen LogP contribution in [0.4, 0.5) is 4.39 Å². The number of aliphatic imine (C=N–C) groups is 1. The predicted octanol–water partition coefficient (Wildman–Crippen LogP) is 4.11. The minimum Gasteiger partial charge on any atom is -0.381 e. The maximum absolute atomic E-state index is 13.9. The number of nitrogens with zero attached hydrogens (tertiary/aromatic N) is 1. The van der Waals surface area contributed by atoms with Crippen LogP contribution >= 0.6 is 0 Å². The molecule has 1 fully saturated rings. The van der Waals surface area contributed by atoms with Gasteiger partial charge in [-0.2, -0.15) is 0 Å². The highest BCUT2D eigenvalue weighted by molar-refractivity contribution is 5.80. The van der Waals surface area contributed by atoms with Gasteiger partial charge in [-0.05, 0) is 49.4 Å². The second-order valence-electron chi connectivity index (χ2n) is 7.56. The first-order chi connectivity index (χ1) is 13.5. The number of hydrogen-bond acceptors (Lipinski definition) is 2.